The number of likely N-dealkylation sites (tertiary alicyclic amines) is 1. The highest BCUT2D eigenvalue weighted by Gasteiger charge is 2.30. The van der Waals surface area contributed by atoms with Crippen LogP contribution in [0.3, 0.4) is 0 Å². The fourth-order valence-corrected chi connectivity index (χ4v) is 6.22. The van der Waals surface area contributed by atoms with Crippen LogP contribution in [0.15, 0.2) is 72.9 Å². The third-order valence-corrected chi connectivity index (χ3v) is 8.30. The molecule has 0 spiro atoms. The molecule has 5 rings (SSSR count). The molecule has 2 aromatic carbocycles. The van der Waals surface area contributed by atoms with Gasteiger partial charge in [-0.25, -0.2) is 18.2 Å². The van der Waals surface area contributed by atoms with Gasteiger partial charge >= 0.3 is 6.03 Å². The predicted octanol–water partition coefficient (Wildman–Crippen LogP) is 5.76. The number of piperidine rings is 1. The minimum Gasteiger partial charge on any atom is -0.439 e. The smallest absolute Gasteiger partial charge is 0.322 e. The lowest BCUT2D eigenvalue weighted by Gasteiger charge is -2.39. The Hall–Kier alpha value is -3.63. The monoisotopic (exact) mass is 577 g/mol. The molecule has 1 saturated carbocycles. The summed E-state index contributed by atoms with van der Waals surface area (Å²) in [5.74, 6) is 1.04. The van der Waals surface area contributed by atoms with Crippen LogP contribution in [0, 0.1) is 0 Å². The summed E-state index contributed by atoms with van der Waals surface area (Å²) in [5, 5.41) is 3.33. The van der Waals surface area contributed by atoms with Crippen molar-refractivity contribution < 1.29 is 17.9 Å². The number of para-hydroxylation sites is 1. The standard InChI is InChI=1S/C31H39N5O4S/c1-41(38,39)34-26-13-15-29(16-14-26)40-30-17-12-24(22-32-30)23-35-20-18-28(19-21-35)36(27-10-6-3-7-11-27)31(37)33-25-8-4-2-5-9-25/h3,6-7,10-17,22,25,28,34H,2,4-5,8-9,18-21,23H2,1H3,(H,33,37). The Morgan fingerprint density at radius 3 is 2.29 bits per heavy atom. The zero-order valence-electron chi connectivity index (χ0n) is 23.5. The van der Waals surface area contributed by atoms with Gasteiger partial charge in [-0.1, -0.05) is 43.5 Å². The Balaban J connectivity index is 1.14. The number of hydrogen-bond donors (Lipinski definition) is 2. The second-order valence-electron chi connectivity index (χ2n) is 11.0. The van der Waals surface area contributed by atoms with E-state index in [0.717, 1.165) is 62.8 Å². The molecule has 0 bridgehead atoms. The zero-order chi connectivity index (χ0) is 28.7. The number of nitrogens with zero attached hydrogens (tertiary/aromatic N) is 3. The minimum absolute atomic E-state index is 0.0302. The summed E-state index contributed by atoms with van der Waals surface area (Å²) >= 11 is 0. The van der Waals surface area contributed by atoms with E-state index < -0.39 is 10.0 Å². The van der Waals surface area contributed by atoms with Gasteiger partial charge in [-0.2, -0.15) is 0 Å². The highest BCUT2D eigenvalue weighted by atomic mass is 32.2. The summed E-state index contributed by atoms with van der Waals surface area (Å²) in [6, 6.07) is 21.1. The molecule has 1 aliphatic heterocycles. The third-order valence-electron chi connectivity index (χ3n) is 7.69. The van der Waals surface area contributed by atoms with Crippen molar-refractivity contribution in [1.29, 1.82) is 0 Å². The summed E-state index contributed by atoms with van der Waals surface area (Å²) in [6.07, 6.45) is 10.5. The molecule has 9 nitrogen and oxygen atoms in total. The van der Waals surface area contributed by atoms with Crippen LogP contribution in [-0.4, -0.2) is 55.8 Å². The number of hydrogen-bond acceptors (Lipinski definition) is 6. The van der Waals surface area contributed by atoms with Crippen molar-refractivity contribution in [2.75, 3.05) is 29.0 Å². The van der Waals surface area contributed by atoms with Crippen LogP contribution in [-0.2, 0) is 16.6 Å². The normalized spacial score (nSPS) is 17.1. The maximum absolute atomic E-state index is 13.5. The van der Waals surface area contributed by atoms with Gasteiger partial charge in [0.2, 0.25) is 15.9 Å². The predicted molar refractivity (Wildman–Crippen MR) is 162 cm³/mol. The number of rotatable bonds is 9. The Bertz CT molecular complexity index is 1370. The van der Waals surface area contributed by atoms with Crippen molar-refractivity contribution in [2.45, 2.75) is 63.6 Å². The van der Waals surface area contributed by atoms with E-state index in [-0.39, 0.29) is 18.1 Å². The van der Waals surface area contributed by atoms with Crippen LogP contribution < -0.4 is 19.7 Å². The molecule has 2 heterocycles. The Morgan fingerprint density at radius 1 is 0.951 bits per heavy atom. The van der Waals surface area contributed by atoms with Gasteiger partial charge in [0.1, 0.15) is 5.75 Å². The summed E-state index contributed by atoms with van der Waals surface area (Å²) < 4.78 is 31.0. The van der Waals surface area contributed by atoms with E-state index in [4.69, 9.17) is 4.74 Å². The number of ether oxygens (including phenoxy) is 1. The van der Waals surface area contributed by atoms with Crippen LogP contribution in [0.5, 0.6) is 11.6 Å². The molecule has 0 atom stereocenters. The average molecular weight is 578 g/mol. The molecule has 1 aromatic heterocycles. The lowest BCUT2D eigenvalue weighted by Crippen LogP contribution is -2.53. The minimum atomic E-state index is -3.32. The van der Waals surface area contributed by atoms with E-state index in [9.17, 15) is 13.2 Å². The molecular weight excluding hydrogens is 538 g/mol. The second kappa shape index (κ2) is 13.4. The van der Waals surface area contributed by atoms with E-state index >= 15 is 0 Å². The number of urea groups is 1. The quantitative estimate of drug-likeness (QED) is 0.335. The van der Waals surface area contributed by atoms with Crippen molar-refractivity contribution in [2.24, 2.45) is 0 Å². The van der Waals surface area contributed by atoms with Gasteiger partial charge in [0.15, 0.2) is 0 Å². The van der Waals surface area contributed by atoms with E-state index in [0.29, 0.717) is 17.3 Å². The van der Waals surface area contributed by atoms with Crippen molar-refractivity contribution in [1.82, 2.24) is 15.2 Å². The Labute approximate surface area is 243 Å². The van der Waals surface area contributed by atoms with Gasteiger partial charge in [-0.15, -0.1) is 0 Å². The molecule has 2 N–H and O–H groups in total. The number of pyridine rings is 1. The summed E-state index contributed by atoms with van der Waals surface area (Å²) in [6.45, 7) is 2.58. The number of amides is 2. The Morgan fingerprint density at radius 2 is 1.66 bits per heavy atom. The number of sulfonamides is 1. The van der Waals surface area contributed by atoms with Gasteiger partial charge in [-0.3, -0.25) is 14.5 Å². The molecule has 3 aromatic rings. The lowest BCUT2D eigenvalue weighted by molar-refractivity contribution is 0.195. The molecule has 0 unspecified atom stereocenters. The van der Waals surface area contributed by atoms with Crippen molar-refractivity contribution in [3.05, 3.63) is 78.5 Å². The van der Waals surface area contributed by atoms with Crippen LogP contribution in [0.1, 0.15) is 50.5 Å². The van der Waals surface area contributed by atoms with Crippen molar-refractivity contribution in [3.63, 3.8) is 0 Å². The first-order chi connectivity index (χ1) is 19.8. The van der Waals surface area contributed by atoms with Gasteiger partial charge in [0.25, 0.3) is 0 Å². The molecule has 218 valence electrons. The van der Waals surface area contributed by atoms with Crippen LogP contribution in [0.4, 0.5) is 16.2 Å². The second-order valence-corrected chi connectivity index (χ2v) is 12.8. The van der Waals surface area contributed by atoms with Crippen molar-refractivity contribution in [3.8, 4) is 11.6 Å². The molecular formula is C31H39N5O4S. The van der Waals surface area contributed by atoms with Gasteiger partial charge in [0, 0.05) is 55.4 Å². The van der Waals surface area contributed by atoms with Gasteiger partial charge < -0.3 is 10.1 Å². The van der Waals surface area contributed by atoms with Crippen molar-refractivity contribution >= 4 is 27.4 Å². The average Bonchev–Trinajstić information content (AvgIpc) is 2.97. The fourth-order valence-electron chi connectivity index (χ4n) is 5.66. The summed E-state index contributed by atoms with van der Waals surface area (Å²) in [4.78, 5) is 22.3. The van der Waals surface area contributed by atoms with Gasteiger partial charge in [0.05, 0.1) is 6.26 Å². The molecule has 1 saturated heterocycles. The van der Waals surface area contributed by atoms with E-state index in [1.807, 2.05) is 53.6 Å². The molecule has 10 heteroatoms. The van der Waals surface area contributed by atoms with Crippen LogP contribution in [0.2, 0.25) is 0 Å². The number of aromatic nitrogens is 1. The zero-order valence-corrected chi connectivity index (χ0v) is 24.4. The van der Waals surface area contributed by atoms with Crippen LogP contribution in [0.25, 0.3) is 0 Å². The number of benzene rings is 2. The van der Waals surface area contributed by atoms with E-state index in [1.54, 1.807) is 24.3 Å². The number of carbonyl (C=O) groups excluding carboxylic acids is 1. The van der Waals surface area contributed by atoms with Crippen LogP contribution >= 0.6 is 0 Å². The first-order valence-electron chi connectivity index (χ1n) is 14.4. The SMILES string of the molecule is CS(=O)(=O)Nc1ccc(Oc2ccc(CN3CCC(N(C(=O)NC4CCCCC4)c4ccccc4)CC3)cn2)cc1. The summed E-state index contributed by atoms with van der Waals surface area (Å²) in [7, 11) is -3.32. The molecule has 2 amide bonds. The van der Waals surface area contributed by atoms with E-state index in [1.165, 1.54) is 19.3 Å². The maximum atomic E-state index is 13.5. The number of carbonyl (C=O) groups is 1. The molecule has 2 aliphatic rings. The topological polar surface area (TPSA) is 104 Å². The maximum Gasteiger partial charge on any atom is 0.322 e. The first kappa shape index (κ1) is 28.9. The van der Waals surface area contributed by atoms with Gasteiger partial charge in [-0.05, 0) is 67.6 Å². The Kier molecular flexibility index (Phi) is 9.41. The lowest BCUT2D eigenvalue weighted by atomic mass is 9.95. The highest BCUT2D eigenvalue weighted by molar-refractivity contribution is 7.92. The summed E-state index contributed by atoms with van der Waals surface area (Å²) in [5.41, 5.74) is 2.53. The number of nitrogens with one attached hydrogen (secondary N) is 2. The van der Waals surface area contributed by atoms with E-state index in [2.05, 4.69) is 19.9 Å². The highest BCUT2D eigenvalue weighted by Crippen LogP contribution is 2.27. The molecule has 1 aliphatic carbocycles. The molecule has 0 radical (unpaired) electrons. The number of anilines is 2. The molecule has 2 fully saturated rings. The third kappa shape index (κ3) is 8.43. The fraction of sp³-hybridized carbons (Fsp3) is 0.419. The molecule has 41 heavy (non-hydrogen) atoms. The first-order valence-corrected chi connectivity index (χ1v) is 16.3. The largest absolute Gasteiger partial charge is 0.439 e.